The molecule has 0 aliphatic heterocycles. The minimum absolute atomic E-state index is 0.0456. The van der Waals surface area contributed by atoms with Crippen LogP contribution in [-0.2, 0) is 6.54 Å². The van der Waals surface area contributed by atoms with Gasteiger partial charge in [0.25, 0.3) is 5.56 Å². The fraction of sp³-hybridized carbons (Fsp3) is 0.185. The lowest BCUT2D eigenvalue weighted by atomic mass is 9.99. The molecule has 2 heterocycles. The highest BCUT2D eigenvalue weighted by Gasteiger charge is 2.19. The maximum atomic E-state index is 13.3. The summed E-state index contributed by atoms with van der Waals surface area (Å²) in [5.74, 6) is 0.741. The molecule has 0 radical (unpaired) electrons. The first kappa shape index (κ1) is 22.1. The average Bonchev–Trinajstić information content (AvgIpc) is 3.27. The Morgan fingerprint density at radius 3 is 2.38 bits per heavy atom. The maximum absolute atomic E-state index is 13.3. The Morgan fingerprint density at radius 2 is 1.59 bits per heavy atom. The van der Waals surface area contributed by atoms with E-state index in [1.54, 1.807) is 4.57 Å². The molecule has 5 aromatic rings. The van der Waals surface area contributed by atoms with E-state index in [9.17, 15) is 9.59 Å². The van der Waals surface area contributed by atoms with E-state index in [2.05, 4.69) is 16.3 Å². The Kier molecular flexibility index (Phi) is 5.79. The van der Waals surface area contributed by atoms with Crippen molar-refractivity contribution in [3.05, 3.63) is 105 Å². The number of ketones is 1. The molecule has 0 N–H and O–H groups in total. The quantitative estimate of drug-likeness (QED) is 0.259. The molecular formula is C27H24N4O2S. The molecule has 2 aromatic heterocycles. The Balaban J connectivity index is 1.56. The summed E-state index contributed by atoms with van der Waals surface area (Å²) in [5, 5.41) is 9.91. The van der Waals surface area contributed by atoms with E-state index < -0.39 is 0 Å². The molecule has 0 aliphatic carbocycles. The summed E-state index contributed by atoms with van der Waals surface area (Å²) in [6.45, 7) is 6.42. The number of fused-ring (bicyclic) bond motifs is 3. The zero-order valence-electron chi connectivity index (χ0n) is 19.3. The third-order valence-electron chi connectivity index (χ3n) is 6.14. The predicted octanol–water partition coefficient (Wildman–Crippen LogP) is 4.99. The van der Waals surface area contributed by atoms with Crippen LogP contribution in [0.2, 0.25) is 0 Å². The van der Waals surface area contributed by atoms with E-state index in [0.29, 0.717) is 22.9 Å². The Labute approximate surface area is 201 Å². The summed E-state index contributed by atoms with van der Waals surface area (Å²) >= 11 is 1.34. The predicted molar refractivity (Wildman–Crippen MR) is 136 cm³/mol. The molecule has 0 aliphatic rings. The maximum Gasteiger partial charge on any atom is 0.263 e. The number of thioether (sulfide) groups is 1. The average molecular weight is 469 g/mol. The minimum atomic E-state index is -0.113. The van der Waals surface area contributed by atoms with Crippen molar-refractivity contribution in [2.45, 2.75) is 32.5 Å². The normalized spacial score (nSPS) is 11.4. The van der Waals surface area contributed by atoms with Crippen LogP contribution in [0.5, 0.6) is 0 Å². The lowest BCUT2D eigenvalue weighted by molar-refractivity contribution is 0.102. The van der Waals surface area contributed by atoms with E-state index in [1.165, 1.54) is 17.3 Å². The number of aromatic nitrogens is 4. The van der Waals surface area contributed by atoms with Crippen LogP contribution in [0.3, 0.4) is 0 Å². The third kappa shape index (κ3) is 3.92. The van der Waals surface area contributed by atoms with E-state index in [4.69, 9.17) is 0 Å². The smallest absolute Gasteiger partial charge is 0.263 e. The number of benzene rings is 3. The van der Waals surface area contributed by atoms with Gasteiger partial charge in [0.15, 0.2) is 10.9 Å². The standard InChI is InChI=1S/C27H24N4O2S/c1-17-13-19(3)22(14-18(17)2)24(32)16-34-27-29-28-26-30(15-20-9-5-4-6-10-20)25(33)21-11-7-8-12-23(21)31(26)27/h4-14H,15-16H2,1-3H3. The van der Waals surface area contributed by atoms with Crippen LogP contribution >= 0.6 is 11.8 Å². The Hall–Kier alpha value is -3.71. The molecule has 0 amide bonds. The van der Waals surface area contributed by atoms with Gasteiger partial charge in [-0.1, -0.05) is 60.3 Å². The molecule has 0 fully saturated rings. The molecule has 0 saturated carbocycles. The van der Waals surface area contributed by atoms with Crippen molar-refractivity contribution in [1.82, 2.24) is 19.2 Å². The highest BCUT2D eigenvalue weighted by Crippen LogP contribution is 2.24. The topological polar surface area (TPSA) is 69.3 Å². The summed E-state index contributed by atoms with van der Waals surface area (Å²) in [6, 6.07) is 21.3. The Bertz CT molecular complexity index is 1600. The molecule has 170 valence electrons. The molecule has 0 unspecified atom stereocenters. The third-order valence-corrected chi connectivity index (χ3v) is 7.06. The van der Waals surface area contributed by atoms with Gasteiger partial charge < -0.3 is 0 Å². The molecule has 0 spiro atoms. The number of rotatable bonds is 6. The second-order valence-corrected chi connectivity index (χ2v) is 9.42. The van der Waals surface area contributed by atoms with E-state index >= 15 is 0 Å². The van der Waals surface area contributed by atoms with Gasteiger partial charge in [-0.05, 0) is 61.2 Å². The molecule has 7 heteroatoms. The zero-order valence-corrected chi connectivity index (χ0v) is 20.1. The van der Waals surface area contributed by atoms with Gasteiger partial charge in [0.2, 0.25) is 5.78 Å². The van der Waals surface area contributed by atoms with Crippen molar-refractivity contribution < 1.29 is 4.79 Å². The van der Waals surface area contributed by atoms with Crippen molar-refractivity contribution in [1.29, 1.82) is 0 Å². The highest BCUT2D eigenvalue weighted by molar-refractivity contribution is 7.99. The summed E-state index contributed by atoms with van der Waals surface area (Å²) in [6.07, 6.45) is 0. The van der Waals surface area contributed by atoms with Gasteiger partial charge in [-0.2, -0.15) is 0 Å². The second-order valence-electron chi connectivity index (χ2n) is 8.48. The Morgan fingerprint density at radius 1 is 0.882 bits per heavy atom. The second kappa shape index (κ2) is 8.91. The fourth-order valence-electron chi connectivity index (χ4n) is 4.20. The fourth-order valence-corrected chi connectivity index (χ4v) is 5.03. The van der Waals surface area contributed by atoms with Crippen molar-refractivity contribution in [3.63, 3.8) is 0 Å². The van der Waals surface area contributed by atoms with Crippen molar-refractivity contribution in [3.8, 4) is 0 Å². The highest BCUT2D eigenvalue weighted by atomic mass is 32.2. The summed E-state index contributed by atoms with van der Waals surface area (Å²) in [4.78, 5) is 26.4. The van der Waals surface area contributed by atoms with Crippen molar-refractivity contribution >= 4 is 34.2 Å². The number of hydrogen-bond acceptors (Lipinski definition) is 5. The number of aryl methyl sites for hydroxylation is 3. The largest absolute Gasteiger partial charge is 0.293 e. The first-order valence-corrected chi connectivity index (χ1v) is 12.1. The first-order chi connectivity index (χ1) is 16.4. The van der Waals surface area contributed by atoms with Gasteiger partial charge in [0.05, 0.1) is 23.2 Å². The lowest BCUT2D eigenvalue weighted by Crippen LogP contribution is -2.24. The van der Waals surface area contributed by atoms with Crippen LogP contribution in [0.25, 0.3) is 16.7 Å². The van der Waals surface area contributed by atoms with E-state index in [1.807, 2.05) is 85.8 Å². The molecule has 3 aromatic carbocycles. The van der Waals surface area contributed by atoms with Gasteiger partial charge in [-0.25, -0.2) is 0 Å². The van der Waals surface area contributed by atoms with Gasteiger partial charge in [-0.3, -0.25) is 18.6 Å². The van der Waals surface area contributed by atoms with E-state index in [0.717, 1.165) is 27.8 Å². The number of Topliss-reactive ketones (excluding diaryl/α,β-unsaturated/α-hetero) is 1. The van der Waals surface area contributed by atoms with Gasteiger partial charge in [-0.15, -0.1) is 10.2 Å². The number of nitrogens with zero attached hydrogens (tertiary/aromatic N) is 4. The van der Waals surface area contributed by atoms with Crippen molar-refractivity contribution in [2.75, 3.05) is 5.75 Å². The van der Waals surface area contributed by atoms with Gasteiger partial charge in [0.1, 0.15) is 0 Å². The van der Waals surface area contributed by atoms with Crippen LogP contribution in [0.4, 0.5) is 0 Å². The van der Waals surface area contributed by atoms with Gasteiger partial charge in [0, 0.05) is 5.56 Å². The van der Waals surface area contributed by atoms with Crippen LogP contribution in [0.1, 0.15) is 32.6 Å². The molecule has 6 nitrogen and oxygen atoms in total. The number of hydrogen-bond donors (Lipinski definition) is 0. The van der Waals surface area contributed by atoms with Crippen molar-refractivity contribution in [2.24, 2.45) is 0 Å². The number of para-hydroxylation sites is 1. The number of carbonyl (C=O) groups is 1. The SMILES string of the molecule is Cc1cc(C)c(C(=O)CSc2nnc3n(Cc4ccccc4)c(=O)c4ccccc4n23)cc1C. The molecule has 0 saturated heterocycles. The zero-order chi connectivity index (χ0) is 23.8. The minimum Gasteiger partial charge on any atom is -0.293 e. The van der Waals surface area contributed by atoms with Gasteiger partial charge >= 0.3 is 0 Å². The molecule has 0 atom stereocenters. The molecular weight excluding hydrogens is 444 g/mol. The van der Waals surface area contributed by atoms with Crippen LogP contribution in [-0.4, -0.2) is 30.7 Å². The number of carbonyl (C=O) groups excluding carboxylic acids is 1. The summed E-state index contributed by atoms with van der Waals surface area (Å²) in [7, 11) is 0. The molecule has 0 bridgehead atoms. The van der Waals surface area contributed by atoms with Crippen LogP contribution < -0.4 is 5.56 Å². The summed E-state index contributed by atoms with van der Waals surface area (Å²) < 4.78 is 3.52. The lowest BCUT2D eigenvalue weighted by Gasteiger charge is -2.12. The van der Waals surface area contributed by atoms with Crippen LogP contribution in [0, 0.1) is 20.8 Å². The van der Waals surface area contributed by atoms with E-state index in [-0.39, 0.29) is 17.1 Å². The molecule has 34 heavy (non-hydrogen) atoms. The first-order valence-electron chi connectivity index (χ1n) is 11.1. The summed E-state index contributed by atoms with van der Waals surface area (Å²) in [5.41, 5.74) is 5.60. The van der Waals surface area contributed by atoms with Crippen LogP contribution in [0.15, 0.2) is 76.7 Å². The monoisotopic (exact) mass is 468 g/mol. The molecule has 5 rings (SSSR count).